The van der Waals surface area contributed by atoms with Gasteiger partial charge < -0.3 is 10.4 Å². The van der Waals surface area contributed by atoms with Gasteiger partial charge in [0.25, 0.3) is 0 Å². The fourth-order valence-electron chi connectivity index (χ4n) is 2.77. The first-order chi connectivity index (χ1) is 9.51. The summed E-state index contributed by atoms with van der Waals surface area (Å²) in [7, 11) is 0. The maximum atomic E-state index is 9.19. The van der Waals surface area contributed by atoms with Crippen LogP contribution in [0, 0.1) is 20.8 Å². The van der Waals surface area contributed by atoms with Crippen molar-refractivity contribution in [2.24, 2.45) is 0 Å². The molecule has 1 heterocycles. The van der Waals surface area contributed by atoms with Crippen LogP contribution in [0.15, 0.2) is 30.3 Å². The molecule has 106 valence electrons. The van der Waals surface area contributed by atoms with Gasteiger partial charge in [-0.25, -0.2) is 0 Å². The Labute approximate surface area is 120 Å². The minimum absolute atomic E-state index is 0.0635. The molecule has 0 amide bonds. The fourth-order valence-corrected chi connectivity index (χ4v) is 2.77. The monoisotopic (exact) mass is 270 g/mol. The zero-order chi connectivity index (χ0) is 14.7. The molecular formula is C17H22N2O. The number of hydrogen-bond donors (Lipinski definition) is 2. The van der Waals surface area contributed by atoms with Crippen molar-refractivity contribution in [2.75, 3.05) is 5.32 Å². The summed E-state index contributed by atoms with van der Waals surface area (Å²) in [5.41, 5.74) is 6.55. The van der Waals surface area contributed by atoms with Crippen molar-refractivity contribution in [3.05, 3.63) is 58.4 Å². The van der Waals surface area contributed by atoms with Gasteiger partial charge in [0, 0.05) is 17.1 Å². The Hall–Kier alpha value is -1.87. The zero-order valence-electron chi connectivity index (χ0n) is 12.6. The van der Waals surface area contributed by atoms with Crippen molar-refractivity contribution in [1.29, 1.82) is 0 Å². The van der Waals surface area contributed by atoms with E-state index >= 15 is 0 Å². The van der Waals surface area contributed by atoms with Gasteiger partial charge in [0.15, 0.2) is 0 Å². The number of rotatable bonds is 4. The van der Waals surface area contributed by atoms with Crippen molar-refractivity contribution in [3.63, 3.8) is 0 Å². The van der Waals surface area contributed by atoms with Gasteiger partial charge in [-0.1, -0.05) is 12.1 Å². The van der Waals surface area contributed by atoms with E-state index in [0.29, 0.717) is 0 Å². The average molecular weight is 270 g/mol. The van der Waals surface area contributed by atoms with Crippen molar-refractivity contribution in [3.8, 4) is 0 Å². The van der Waals surface area contributed by atoms with Crippen LogP contribution in [0.3, 0.4) is 0 Å². The molecule has 0 aliphatic carbocycles. The lowest BCUT2D eigenvalue weighted by Gasteiger charge is -2.20. The van der Waals surface area contributed by atoms with Crippen LogP contribution in [-0.2, 0) is 6.61 Å². The third-order valence-electron chi connectivity index (χ3n) is 3.51. The molecule has 3 heteroatoms. The molecule has 1 atom stereocenters. The normalized spacial score (nSPS) is 12.2. The highest BCUT2D eigenvalue weighted by molar-refractivity contribution is 5.49. The van der Waals surface area contributed by atoms with E-state index in [-0.39, 0.29) is 12.6 Å². The minimum atomic E-state index is 0.0635. The summed E-state index contributed by atoms with van der Waals surface area (Å²) in [6, 6.07) is 10.2. The Bertz CT molecular complexity index is 585. The molecule has 0 fully saturated rings. The van der Waals surface area contributed by atoms with Crippen LogP contribution in [0.2, 0.25) is 0 Å². The summed E-state index contributed by atoms with van der Waals surface area (Å²) in [5.74, 6) is 0. The molecule has 2 aromatic rings. The van der Waals surface area contributed by atoms with Crippen molar-refractivity contribution >= 4 is 5.69 Å². The number of benzene rings is 1. The van der Waals surface area contributed by atoms with Crippen LogP contribution < -0.4 is 5.32 Å². The van der Waals surface area contributed by atoms with Gasteiger partial charge in [-0.2, -0.15) is 0 Å². The number of aliphatic hydroxyl groups is 1. The molecule has 2 rings (SSSR count). The molecule has 1 aromatic heterocycles. The van der Waals surface area contributed by atoms with E-state index in [1.54, 1.807) is 0 Å². The summed E-state index contributed by atoms with van der Waals surface area (Å²) in [4.78, 5) is 4.55. The third kappa shape index (κ3) is 3.17. The predicted octanol–water partition coefficient (Wildman–Crippen LogP) is 3.67. The quantitative estimate of drug-likeness (QED) is 0.891. The van der Waals surface area contributed by atoms with Gasteiger partial charge in [0.1, 0.15) is 0 Å². The van der Waals surface area contributed by atoms with Crippen LogP contribution in [0.5, 0.6) is 0 Å². The Morgan fingerprint density at radius 3 is 2.60 bits per heavy atom. The molecule has 2 N–H and O–H groups in total. The zero-order valence-corrected chi connectivity index (χ0v) is 12.6. The van der Waals surface area contributed by atoms with Crippen molar-refractivity contribution < 1.29 is 5.11 Å². The second kappa shape index (κ2) is 6.06. The maximum absolute atomic E-state index is 9.19. The van der Waals surface area contributed by atoms with Gasteiger partial charge >= 0.3 is 0 Å². The Morgan fingerprint density at radius 2 is 1.95 bits per heavy atom. The van der Waals surface area contributed by atoms with Gasteiger partial charge in [0.05, 0.1) is 12.6 Å². The Balaban J connectivity index is 2.26. The standard InChI is InChI=1S/C17H22N2O/c1-11-8-12(2)18-13(3)17(11)14(4)19-16-7-5-6-15(9-16)10-20/h5-9,14,19-20H,10H2,1-4H3. The van der Waals surface area contributed by atoms with Gasteiger partial charge in [-0.3, -0.25) is 4.98 Å². The largest absolute Gasteiger partial charge is 0.392 e. The summed E-state index contributed by atoms with van der Waals surface area (Å²) in [6.07, 6.45) is 0. The topological polar surface area (TPSA) is 45.1 Å². The molecule has 0 spiro atoms. The summed E-state index contributed by atoms with van der Waals surface area (Å²) >= 11 is 0. The first-order valence-corrected chi connectivity index (χ1v) is 6.92. The minimum Gasteiger partial charge on any atom is -0.392 e. The van der Waals surface area contributed by atoms with E-state index in [1.165, 1.54) is 11.1 Å². The number of aryl methyl sites for hydroxylation is 3. The SMILES string of the molecule is Cc1cc(C)c(C(C)Nc2cccc(CO)c2)c(C)n1. The molecule has 0 bridgehead atoms. The summed E-state index contributed by atoms with van der Waals surface area (Å²) in [6.45, 7) is 8.40. The molecular weight excluding hydrogens is 248 g/mol. The number of pyridine rings is 1. The Morgan fingerprint density at radius 1 is 1.20 bits per heavy atom. The number of anilines is 1. The second-order valence-electron chi connectivity index (χ2n) is 5.30. The predicted molar refractivity (Wildman–Crippen MR) is 82.9 cm³/mol. The van der Waals surface area contributed by atoms with Crippen molar-refractivity contribution in [1.82, 2.24) is 4.98 Å². The van der Waals surface area contributed by atoms with E-state index < -0.39 is 0 Å². The summed E-state index contributed by atoms with van der Waals surface area (Å²) < 4.78 is 0. The van der Waals surface area contributed by atoms with Crippen LogP contribution in [-0.4, -0.2) is 10.1 Å². The van der Waals surface area contributed by atoms with E-state index in [4.69, 9.17) is 0 Å². The van der Waals surface area contributed by atoms with E-state index in [0.717, 1.165) is 22.6 Å². The number of aliphatic hydroxyl groups excluding tert-OH is 1. The molecule has 1 unspecified atom stereocenters. The molecule has 0 aliphatic rings. The first kappa shape index (κ1) is 14.5. The van der Waals surface area contributed by atoms with E-state index in [2.05, 4.69) is 37.1 Å². The third-order valence-corrected chi connectivity index (χ3v) is 3.51. The Kier molecular flexibility index (Phi) is 4.40. The number of nitrogens with zero attached hydrogens (tertiary/aromatic N) is 1. The molecule has 0 saturated carbocycles. The van der Waals surface area contributed by atoms with Crippen LogP contribution >= 0.6 is 0 Å². The van der Waals surface area contributed by atoms with E-state index in [1.807, 2.05) is 31.2 Å². The fraction of sp³-hybridized carbons (Fsp3) is 0.353. The van der Waals surface area contributed by atoms with Gasteiger partial charge in [-0.05, 0) is 62.6 Å². The molecule has 3 nitrogen and oxygen atoms in total. The second-order valence-corrected chi connectivity index (χ2v) is 5.30. The number of hydrogen-bond acceptors (Lipinski definition) is 3. The maximum Gasteiger partial charge on any atom is 0.0682 e. The lowest BCUT2D eigenvalue weighted by atomic mass is 10.00. The van der Waals surface area contributed by atoms with Crippen LogP contribution in [0.1, 0.15) is 41.0 Å². The molecule has 1 aromatic carbocycles. The number of nitrogens with one attached hydrogen (secondary N) is 1. The molecule has 0 saturated heterocycles. The van der Waals surface area contributed by atoms with Gasteiger partial charge in [0.2, 0.25) is 0 Å². The average Bonchev–Trinajstić information content (AvgIpc) is 2.37. The lowest BCUT2D eigenvalue weighted by molar-refractivity contribution is 0.282. The first-order valence-electron chi connectivity index (χ1n) is 6.92. The molecule has 20 heavy (non-hydrogen) atoms. The smallest absolute Gasteiger partial charge is 0.0682 e. The summed E-state index contributed by atoms with van der Waals surface area (Å²) in [5, 5.41) is 12.7. The molecule has 0 radical (unpaired) electrons. The van der Waals surface area contributed by atoms with E-state index in [9.17, 15) is 5.11 Å². The highest BCUT2D eigenvalue weighted by Crippen LogP contribution is 2.25. The lowest BCUT2D eigenvalue weighted by Crippen LogP contribution is -2.11. The van der Waals surface area contributed by atoms with Crippen LogP contribution in [0.25, 0.3) is 0 Å². The number of aromatic nitrogens is 1. The highest BCUT2D eigenvalue weighted by atomic mass is 16.3. The van der Waals surface area contributed by atoms with Crippen molar-refractivity contribution in [2.45, 2.75) is 40.3 Å². The highest BCUT2D eigenvalue weighted by Gasteiger charge is 2.13. The molecule has 0 aliphatic heterocycles. The van der Waals surface area contributed by atoms with Crippen LogP contribution in [0.4, 0.5) is 5.69 Å². The van der Waals surface area contributed by atoms with Gasteiger partial charge in [-0.15, -0.1) is 0 Å².